The summed E-state index contributed by atoms with van der Waals surface area (Å²) >= 11 is 0. The molecule has 0 bridgehead atoms. The molecule has 0 amide bonds. The highest BCUT2D eigenvalue weighted by Crippen LogP contribution is 2.33. The van der Waals surface area contributed by atoms with Crippen LogP contribution in [0.2, 0.25) is 0 Å². The monoisotopic (exact) mass is 523 g/mol. The number of aromatic nitrogens is 1. The van der Waals surface area contributed by atoms with Crippen molar-refractivity contribution in [2.75, 3.05) is 19.8 Å². The van der Waals surface area contributed by atoms with Crippen LogP contribution in [0.5, 0.6) is 0 Å². The second-order valence-corrected chi connectivity index (χ2v) is 11.5. The molecule has 2 saturated heterocycles. The number of hydrogen-bond acceptors (Lipinski definition) is 8. The standard InChI is InChI=1S/C20H33N3O.C6H8O7/c1-19(2)10-18(11-20(3,4)22-19)23(14-17-7-9-24-15-17)13-16-6-5-8-21-12-16;7-3(8)1-6(13,5(11)12)2-4(9)10/h5-6,8,12,17-18,22H,7,9-11,13-15H2,1-4H3;13H,1-2H2,(H,7,8)(H,9,10)(H,11,12). The van der Waals surface area contributed by atoms with E-state index in [9.17, 15) is 14.4 Å². The highest BCUT2D eigenvalue weighted by molar-refractivity contribution is 5.88. The van der Waals surface area contributed by atoms with E-state index in [1.807, 2.05) is 18.5 Å². The SMILES string of the molecule is CC1(C)CC(N(Cc2cccnc2)CC2CCOC2)CC(C)(C)N1.O=C(O)CC(O)(CC(=O)O)C(=O)O. The van der Waals surface area contributed by atoms with Gasteiger partial charge in [-0.15, -0.1) is 0 Å². The number of nitrogens with one attached hydrogen (secondary N) is 1. The van der Waals surface area contributed by atoms with Gasteiger partial charge in [0.25, 0.3) is 0 Å². The average Bonchev–Trinajstić information content (AvgIpc) is 3.24. The smallest absolute Gasteiger partial charge is 0.336 e. The van der Waals surface area contributed by atoms with Gasteiger partial charge in [-0.05, 0) is 64.5 Å². The fourth-order valence-corrected chi connectivity index (χ4v) is 5.37. The zero-order chi connectivity index (χ0) is 27.9. The van der Waals surface area contributed by atoms with E-state index in [0.717, 1.165) is 26.3 Å². The third-order valence-electron chi connectivity index (χ3n) is 6.60. The predicted molar refractivity (Wildman–Crippen MR) is 135 cm³/mol. The maximum Gasteiger partial charge on any atom is 0.336 e. The fraction of sp³-hybridized carbons (Fsp3) is 0.692. The van der Waals surface area contributed by atoms with Gasteiger partial charge >= 0.3 is 17.9 Å². The lowest BCUT2D eigenvalue weighted by atomic mass is 9.78. The summed E-state index contributed by atoms with van der Waals surface area (Å²) in [4.78, 5) is 37.5. The van der Waals surface area contributed by atoms with Gasteiger partial charge in [0, 0.05) is 49.2 Å². The molecule has 1 aromatic rings. The molecule has 1 atom stereocenters. The van der Waals surface area contributed by atoms with Crippen molar-refractivity contribution in [3.63, 3.8) is 0 Å². The van der Waals surface area contributed by atoms with E-state index in [-0.39, 0.29) is 11.1 Å². The summed E-state index contributed by atoms with van der Waals surface area (Å²) in [6.07, 6.45) is 5.14. The van der Waals surface area contributed by atoms with Crippen LogP contribution in [0, 0.1) is 5.92 Å². The highest BCUT2D eigenvalue weighted by atomic mass is 16.5. The summed E-state index contributed by atoms with van der Waals surface area (Å²) in [6, 6.07) is 4.84. The number of carboxylic acid groups (broad SMARTS) is 3. The Bertz CT molecular complexity index is 884. The molecule has 1 unspecified atom stereocenters. The van der Waals surface area contributed by atoms with Gasteiger partial charge in [-0.2, -0.15) is 0 Å². The highest BCUT2D eigenvalue weighted by Gasteiger charge is 2.41. The molecule has 3 heterocycles. The minimum Gasteiger partial charge on any atom is -0.481 e. The zero-order valence-corrected chi connectivity index (χ0v) is 22.1. The van der Waals surface area contributed by atoms with Gasteiger partial charge in [0.2, 0.25) is 0 Å². The Balaban J connectivity index is 0.000000317. The maximum atomic E-state index is 10.3. The molecule has 11 nitrogen and oxygen atoms in total. The number of aliphatic hydroxyl groups is 1. The third kappa shape index (κ3) is 10.4. The molecule has 3 rings (SSSR count). The summed E-state index contributed by atoms with van der Waals surface area (Å²) in [7, 11) is 0. The average molecular weight is 524 g/mol. The van der Waals surface area contributed by atoms with Crippen LogP contribution in [-0.4, -0.2) is 90.7 Å². The lowest BCUT2D eigenvalue weighted by Gasteiger charge is -2.50. The molecule has 0 aliphatic carbocycles. The molecule has 1 aromatic heterocycles. The van der Waals surface area contributed by atoms with E-state index < -0.39 is 36.4 Å². The van der Waals surface area contributed by atoms with E-state index >= 15 is 0 Å². The first kappa shape index (κ1) is 30.6. The molecule has 0 aromatic carbocycles. The topological polar surface area (TPSA) is 170 Å². The zero-order valence-electron chi connectivity index (χ0n) is 22.1. The molecule has 2 aliphatic heterocycles. The Labute approximate surface area is 217 Å². The van der Waals surface area contributed by atoms with E-state index in [1.165, 1.54) is 24.8 Å². The Hall–Kier alpha value is -2.60. The number of hydrogen-bond donors (Lipinski definition) is 5. The summed E-state index contributed by atoms with van der Waals surface area (Å²) < 4.78 is 5.63. The van der Waals surface area contributed by atoms with Crippen LogP contribution in [0.15, 0.2) is 24.5 Å². The normalized spacial score (nSPS) is 21.2. The first-order valence-electron chi connectivity index (χ1n) is 12.5. The van der Waals surface area contributed by atoms with Gasteiger partial charge in [0.1, 0.15) is 0 Å². The van der Waals surface area contributed by atoms with Crippen molar-refractivity contribution in [3.8, 4) is 0 Å². The number of pyridine rings is 1. The maximum absolute atomic E-state index is 10.3. The second-order valence-electron chi connectivity index (χ2n) is 11.5. The first-order chi connectivity index (χ1) is 17.1. The second kappa shape index (κ2) is 12.8. The minimum atomic E-state index is -2.74. The van der Waals surface area contributed by atoms with Crippen LogP contribution < -0.4 is 5.32 Å². The Morgan fingerprint density at radius 1 is 1.11 bits per heavy atom. The van der Waals surface area contributed by atoms with Gasteiger partial charge in [-0.3, -0.25) is 19.5 Å². The van der Waals surface area contributed by atoms with Gasteiger partial charge in [-0.1, -0.05) is 6.07 Å². The van der Waals surface area contributed by atoms with Crippen LogP contribution in [0.3, 0.4) is 0 Å². The Morgan fingerprint density at radius 2 is 1.70 bits per heavy atom. The molecule has 0 spiro atoms. The van der Waals surface area contributed by atoms with Gasteiger partial charge < -0.3 is 30.5 Å². The van der Waals surface area contributed by atoms with E-state index in [2.05, 4.69) is 49.0 Å². The number of piperidine rings is 1. The summed E-state index contributed by atoms with van der Waals surface area (Å²) in [5.41, 5.74) is -1.08. The van der Waals surface area contributed by atoms with Crippen molar-refractivity contribution < 1.29 is 39.5 Å². The third-order valence-corrected chi connectivity index (χ3v) is 6.60. The van der Waals surface area contributed by atoms with Crippen molar-refractivity contribution in [2.24, 2.45) is 5.92 Å². The molecule has 208 valence electrons. The van der Waals surface area contributed by atoms with Crippen LogP contribution >= 0.6 is 0 Å². The predicted octanol–water partition coefficient (Wildman–Crippen LogP) is 1.98. The van der Waals surface area contributed by atoms with Crippen molar-refractivity contribution in [1.29, 1.82) is 0 Å². The van der Waals surface area contributed by atoms with Gasteiger partial charge in [0.05, 0.1) is 19.4 Å². The lowest BCUT2D eigenvalue weighted by Crippen LogP contribution is -2.62. The van der Waals surface area contributed by atoms with Crippen molar-refractivity contribution >= 4 is 17.9 Å². The molecular weight excluding hydrogens is 482 g/mol. The fourth-order valence-electron chi connectivity index (χ4n) is 5.37. The molecule has 0 radical (unpaired) electrons. The van der Waals surface area contributed by atoms with Crippen LogP contribution in [0.1, 0.15) is 65.4 Å². The quantitative estimate of drug-likeness (QED) is 0.304. The number of carboxylic acids is 3. The van der Waals surface area contributed by atoms with Crippen LogP contribution in [0.25, 0.3) is 0 Å². The largest absolute Gasteiger partial charge is 0.481 e. The number of rotatable bonds is 10. The van der Waals surface area contributed by atoms with E-state index in [4.69, 9.17) is 25.2 Å². The van der Waals surface area contributed by atoms with Gasteiger partial charge in [-0.25, -0.2) is 4.79 Å². The Kier molecular flexibility index (Phi) is 10.6. The molecule has 2 aliphatic rings. The van der Waals surface area contributed by atoms with Crippen LogP contribution in [-0.2, 0) is 25.7 Å². The van der Waals surface area contributed by atoms with Crippen molar-refractivity contribution in [3.05, 3.63) is 30.1 Å². The molecule has 5 N–H and O–H groups in total. The number of aliphatic carboxylic acids is 3. The van der Waals surface area contributed by atoms with Crippen molar-refractivity contribution in [1.82, 2.24) is 15.2 Å². The summed E-state index contributed by atoms with van der Waals surface area (Å²) in [5.74, 6) is -4.35. The van der Waals surface area contributed by atoms with E-state index in [0.29, 0.717) is 12.0 Å². The van der Waals surface area contributed by atoms with Crippen LogP contribution in [0.4, 0.5) is 0 Å². The first-order valence-corrected chi connectivity index (χ1v) is 12.5. The van der Waals surface area contributed by atoms with Gasteiger partial charge in [0.15, 0.2) is 5.60 Å². The molecule has 37 heavy (non-hydrogen) atoms. The summed E-state index contributed by atoms with van der Waals surface area (Å²) in [5, 5.41) is 37.6. The lowest BCUT2D eigenvalue weighted by molar-refractivity contribution is -0.170. The number of ether oxygens (including phenoxy) is 1. The minimum absolute atomic E-state index is 0.172. The van der Waals surface area contributed by atoms with Crippen molar-refractivity contribution in [2.45, 2.75) is 89.1 Å². The number of nitrogens with zero attached hydrogens (tertiary/aromatic N) is 2. The molecule has 11 heteroatoms. The number of carbonyl (C=O) groups is 3. The summed E-state index contributed by atoms with van der Waals surface area (Å²) in [6.45, 7) is 13.3. The molecule has 0 saturated carbocycles. The molecule has 2 fully saturated rings. The van der Waals surface area contributed by atoms with E-state index in [1.54, 1.807) is 0 Å². The molecular formula is C26H41N3O8. The Morgan fingerprint density at radius 3 is 2.14 bits per heavy atom.